The molecule has 3 rings (SSSR count). The highest BCUT2D eigenvalue weighted by Gasteiger charge is 2.26. The summed E-state index contributed by atoms with van der Waals surface area (Å²) in [7, 11) is 3.61. The highest BCUT2D eigenvalue weighted by molar-refractivity contribution is 5.88. The quantitative estimate of drug-likeness (QED) is 0.597. The Morgan fingerprint density at radius 3 is 2.35 bits per heavy atom. The van der Waals surface area contributed by atoms with Crippen molar-refractivity contribution in [2.75, 3.05) is 36.6 Å². The SMILES string of the molecule is CCCNc1nc(NC)nc2c(C[C@@H]3CCCC[C@@H]3O)nc(NC)nc12. The zero-order valence-corrected chi connectivity index (χ0v) is 15.8. The van der Waals surface area contributed by atoms with E-state index in [2.05, 4.69) is 42.8 Å². The molecular formula is C18H29N7O. The maximum atomic E-state index is 10.4. The minimum atomic E-state index is -0.268. The Morgan fingerprint density at radius 1 is 0.962 bits per heavy atom. The maximum absolute atomic E-state index is 10.4. The van der Waals surface area contributed by atoms with Gasteiger partial charge in [0, 0.05) is 20.6 Å². The van der Waals surface area contributed by atoms with Gasteiger partial charge in [-0.25, -0.2) is 15.0 Å². The topological polar surface area (TPSA) is 108 Å². The molecule has 2 aromatic rings. The molecule has 2 atom stereocenters. The fraction of sp³-hybridized carbons (Fsp3) is 0.667. The molecule has 1 aliphatic rings. The van der Waals surface area contributed by atoms with Gasteiger partial charge in [0.1, 0.15) is 11.0 Å². The van der Waals surface area contributed by atoms with Crippen LogP contribution in [0.5, 0.6) is 0 Å². The van der Waals surface area contributed by atoms with E-state index in [0.29, 0.717) is 24.1 Å². The Bertz CT molecular complexity index is 752. The number of nitrogens with zero attached hydrogens (tertiary/aromatic N) is 4. The summed E-state index contributed by atoms with van der Waals surface area (Å²) in [6.45, 7) is 2.92. The van der Waals surface area contributed by atoms with Crippen molar-refractivity contribution in [1.29, 1.82) is 0 Å². The van der Waals surface area contributed by atoms with Crippen molar-refractivity contribution in [2.24, 2.45) is 5.92 Å². The molecule has 26 heavy (non-hydrogen) atoms. The number of hydrogen-bond donors (Lipinski definition) is 4. The van der Waals surface area contributed by atoms with Gasteiger partial charge in [0.2, 0.25) is 11.9 Å². The number of fused-ring (bicyclic) bond motifs is 1. The van der Waals surface area contributed by atoms with Crippen LogP contribution in [-0.4, -0.2) is 51.8 Å². The van der Waals surface area contributed by atoms with Gasteiger partial charge in [-0.05, 0) is 31.6 Å². The maximum Gasteiger partial charge on any atom is 0.225 e. The molecule has 2 heterocycles. The first-order valence-corrected chi connectivity index (χ1v) is 9.52. The Labute approximate surface area is 154 Å². The van der Waals surface area contributed by atoms with Crippen LogP contribution in [0, 0.1) is 5.92 Å². The lowest BCUT2D eigenvalue weighted by atomic mass is 9.83. The molecule has 0 radical (unpaired) electrons. The van der Waals surface area contributed by atoms with Crippen LogP contribution < -0.4 is 16.0 Å². The molecule has 0 bridgehead atoms. The van der Waals surface area contributed by atoms with Crippen molar-refractivity contribution >= 4 is 28.7 Å². The van der Waals surface area contributed by atoms with Crippen molar-refractivity contribution in [1.82, 2.24) is 19.9 Å². The van der Waals surface area contributed by atoms with Crippen LogP contribution in [0.15, 0.2) is 0 Å². The van der Waals surface area contributed by atoms with Crippen molar-refractivity contribution < 1.29 is 5.11 Å². The number of aromatic nitrogens is 4. The summed E-state index contributed by atoms with van der Waals surface area (Å²) in [6.07, 6.45) is 5.56. The summed E-state index contributed by atoms with van der Waals surface area (Å²) in [4.78, 5) is 18.4. The first kappa shape index (κ1) is 18.6. The van der Waals surface area contributed by atoms with Crippen molar-refractivity contribution in [3.05, 3.63) is 5.69 Å². The van der Waals surface area contributed by atoms with Gasteiger partial charge in [0.15, 0.2) is 5.82 Å². The van der Waals surface area contributed by atoms with Crippen LogP contribution in [0.3, 0.4) is 0 Å². The third-order valence-corrected chi connectivity index (χ3v) is 4.93. The van der Waals surface area contributed by atoms with Gasteiger partial charge >= 0.3 is 0 Å². The summed E-state index contributed by atoms with van der Waals surface area (Å²) in [5.41, 5.74) is 2.33. The highest BCUT2D eigenvalue weighted by atomic mass is 16.3. The van der Waals surface area contributed by atoms with Gasteiger partial charge in [-0.15, -0.1) is 0 Å². The number of aliphatic hydroxyl groups excluding tert-OH is 1. The molecule has 1 fully saturated rings. The fourth-order valence-corrected chi connectivity index (χ4v) is 3.48. The van der Waals surface area contributed by atoms with Gasteiger partial charge in [-0.2, -0.15) is 4.98 Å². The van der Waals surface area contributed by atoms with Gasteiger partial charge in [-0.3, -0.25) is 0 Å². The van der Waals surface area contributed by atoms with Crippen molar-refractivity contribution in [2.45, 2.75) is 51.6 Å². The predicted molar refractivity (Wildman–Crippen MR) is 105 cm³/mol. The second-order valence-corrected chi connectivity index (χ2v) is 6.83. The third kappa shape index (κ3) is 3.95. The summed E-state index contributed by atoms with van der Waals surface area (Å²) in [5, 5.41) is 19.8. The Hall–Kier alpha value is -2.22. The monoisotopic (exact) mass is 359 g/mol. The normalized spacial score (nSPS) is 20.2. The molecular weight excluding hydrogens is 330 g/mol. The van der Waals surface area contributed by atoms with Crippen LogP contribution in [0.2, 0.25) is 0 Å². The number of aliphatic hydroxyl groups is 1. The van der Waals surface area contributed by atoms with E-state index < -0.39 is 0 Å². The van der Waals surface area contributed by atoms with E-state index in [1.807, 2.05) is 7.05 Å². The minimum absolute atomic E-state index is 0.214. The zero-order chi connectivity index (χ0) is 18.5. The number of nitrogens with one attached hydrogen (secondary N) is 3. The van der Waals surface area contributed by atoms with E-state index in [4.69, 9.17) is 0 Å². The summed E-state index contributed by atoms with van der Waals surface area (Å²) < 4.78 is 0. The summed E-state index contributed by atoms with van der Waals surface area (Å²) in [5.74, 6) is 2.03. The fourth-order valence-electron chi connectivity index (χ4n) is 3.48. The molecule has 0 spiro atoms. The molecule has 4 N–H and O–H groups in total. The molecule has 8 heteroatoms. The summed E-state index contributed by atoms with van der Waals surface area (Å²) >= 11 is 0. The lowest BCUT2D eigenvalue weighted by Crippen LogP contribution is -2.26. The largest absolute Gasteiger partial charge is 0.393 e. The van der Waals surface area contributed by atoms with Gasteiger partial charge in [0.25, 0.3) is 0 Å². The molecule has 0 aliphatic heterocycles. The molecule has 0 aromatic carbocycles. The van der Waals surface area contributed by atoms with Crippen molar-refractivity contribution in [3.63, 3.8) is 0 Å². The molecule has 1 saturated carbocycles. The number of rotatable bonds is 7. The van der Waals surface area contributed by atoms with E-state index in [1.54, 1.807) is 7.05 Å². The van der Waals surface area contributed by atoms with Crippen molar-refractivity contribution in [3.8, 4) is 0 Å². The molecule has 8 nitrogen and oxygen atoms in total. The first-order chi connectivity index (χ1) is 12.7. The highest BCUT2D eigenvalue weighted by Crippen LogP contribution is 2.30. The molecule has 0 amide bonds. The molecule has 142 valence electrons. The Morgan fingerprint density at radius 2 is 1.65 bits per heavy atom. The average molecular weight is 359 g/mol. The molecule has 1 aliphatic carbocycles. The van der Waals surface area contributed by atoms with Gasteiger partial charge < -0.3 is 21.1 Å². The number of hydrogen-bond acceptors (Lipinski definition) is 8. The number of anilines is 3. The van der Waals surface area contributed by atoms with Crippen LogP contribution in [0.1, 0.15) is 44.7 Å². The lowest BCUT2D eigenvalue weighted by Gasteiger charge is -2.27. The second-order valence-electron chi connectivity index (χ2n) is 6.83. The lowest BCUT2D eigenvalue weighted by molar-refractivity contribution is 0.0697. The zero-order valence-electron chi connectivity index (χ0n) is 15.8. The van der Waals surface area contributed by atoms with Gasteiger partial charge in [-0.1, -0.05) is 19.8 Å². The second kappa shape index (κ2) is 8.44. The van der Waals surface area contributed by atoms with Crippen LogP contribution in [-0.2, 0) is 6.42 Å². The van der Waals surface area contributed by atoms with Gasteiger partial charge in [0.05, 0.1) is 11.8 Å². The van der Waals surface area contributed by atoms with Crippen LogP contribution in [0.4, 0.5) is 17.7 Å². The molecule has 2 aromatic heterocycles. The summed E-state index contributed by atoms with van der Waals surface area (Å²) in [6, 6.07) is 0. The van der Waals surface area contributed by atoms with E-state index in [9.17, 15) is 5.11 Å². The van der Waals surface area contributed by atoms with Crippen LogP contribution >= 0.6 is 0 Å². The average Bonchev–Trinajstić information content (AvgIpc) is 2.67. The van der Waals surface area contributed by atoms with E-state index in [1.165, 1.54) is 0 Å². The smallest absolute Gasteiger partial charge is 0.225 e. The van der Waals surface area contributed by atoms with Crippen LogP contribution in [0.25, 0.3) is 11.0 Å². The standard InChI is InChI=1S/C18H29N7O/c1-4-9-21-16-15-14(23-18(20-3)25-16)12(22-17(19-2)24-15)10-11-7-5-6-8-13(11)26/h11,13,26H,4-10H2,1-3H3,(H,19,22,24)(H2,20,21,23,25)/t11-,13-/m0/s1. The third-order valence-electron chi connectivity index (χ3n) is 4.93. The van der Waals surface area contributed by atoms with E-state index in [-0.39, 0.29) is 12.0 Å². The molecule has 0 unspecified atom stereocenters. The molecule has 0 saturated heterocycles. The Balaban J connectivity index is 2.07. The first-order valence-electron chi connectivity index (χ1n) is 9.52. The minimum Gasteiger partial charge on any atom is -0.393 e. The van der Waals surface area contributed by atoms with E-state index >= 15 is 0 Å². The Kier molecular flexibility index (Phi) is 6.03. The predicted octanol–water partition coefficient (Wildman–Crippen LogP) is 2.42. The van der Waals surface area contributed by atoms with E-state index in [0.717, 1.165) is 55.4 Å².